The molecule has 1 aromatic heterocycles. The van der Waals surface area contributed by atoms with Gasteiger partial charge in [-0.05, 0) is 49.9 Å². The molecule has 3 nitrogen and oxygen atoms in total. The van der Waals surface area contributed by atoms with E-state index in [9.17, 15) is 0 Å². The topological polar surface area (TPSA) is 29.9 Å². The Labute approximate surface area is 128 Å². The van der Waals surface area contributed by atoms with Crippen molar-refractivity contribution in [1.29, 1.82) is 0 Å². The Bertz CT molecular complexity index is 597. The smallest absolute Gasteiger partial charge is 0.0680 e. The van der Waals surface area contributed by atoms with E-state index < -0.39 is 0 Å². The third-order valence-electron chi connectivity index (χ3n) is 3.75. The van der Waals surface area contributed by atoms with Gasteiger partial charge in [-0.15, -0.1) is 0 Å². The predicted octanol–water partition coefficient (Wildman–Crippen LogP) is 3.80. The first kappa shape index (κ1) is 15.8. The molecule has 1 aromatic carbocycles. The summed E-state index contributed by atoms with van der Waals surface area (Å²) in [6.07, 6.45) is 3.00. The van der Waals surface area contributed by atoms with Gasteiger partial charge in [0.25, 0.3) is 0 Å². The molecule has 0 bridgehead atoms. The highest BCUT2D eigenvalue weighted by molar-refractivity contribution is 5.44. The lowest BCUT2D eigenvalue weighted by molar-refractivity contribution is 0.551. The van der Waals surface area contributed by atoms with E-state index in [0.29, 0.717) is 5.92 Å². The van der Waals surface area contributed by atoms with Crippen LogP contribution in [0.3, 0.4) is 0 Å². The highest BCUT2D eigenvalue weighted by Gasteiger charge is 2.12. The second kappa shape index (κ2) is 6.90. The first-order valence-electron chi connectivity index (χ1n) is 7.87. The third-order valence-corrected chi connectivity index (χ3v) is 3.75. The van der Waals surface area contributed by atoms with Crippen LogP contribution in [0.25, 0.3) is 5.69 Å². The molecular weight excluding hydrogens is 258 g/mol. The fourth-order valence-corrected chi connectivity index (χ4v) is 2.58. The molecule has 0 saturated heterocycles. The van der Waals surface area contributed by atoms with Crippen molar-refractivity contribution in [1.82, 2.24) is 15.1 Å². The fourth-order valence-electron chi connectivity index (χ4n) is 2.58. The summed E-state index contributed by atoms with van der Waals surface area (Å²) < 4.78 is 2.11. The summed E-state index contributed by atoms with van der Waals surface area (Å²) >= 11 is 0. The standard InChI is InChI=1S/C18H27N3/c1-6-17-16(11-19-10-13(2)3)12-20-21(17)18-9-14(4)7-8-15(18)5/h7-9,12-13,19H,6,10-11H2,1-5H3. The average molecular weight is 285 g/mol. The van der Waals surface area contributed by atoms with Gasteiger partial charge in [-0.3, -0.25) is 0 Å². The van der Waals surface area contributed by atoms with Crippen molar-refractivity contribution in [2.45, 2.75) is 47.6 Å². The number of aromatic nitrogens is 2. The normalized spacial score (nSPS) is 11.3. The summed E-state index contributed by atoms with van der Waals surface area (Å²) in [5.41, 5.74) is 6.34. The van der Waals surface area contributed by atoms with Crippen LogP contribution in [0.4, 0.5) is 0 Å². The zero-order chi connectivity index (χ0) is 15.4. The maximum atomic E-state index is 4.63. The van der Waals surface area contributed by atoms with E-state index in [0.717, 1.165) is 19.5 Å². The first-order valence-corrected chi connectivity index (χ1v) is 7.87. The number of benzene rings is 1. The van der Waals surface area contributed by atoms with Gasteiger partial charge in [-0.25, -0.2) is 4.68 Å². The van der Waals surface area contributed by atoms with Gasteiger partial charge in [0.15, 0.2) is 0 Å². The Morgan fingerprint density at radius 3 is 2.67 bits per heavy atom. The Kier molecular flexibility index (Phi) is 5.18. The van der Waals surface area contributed by atoms with E-state index in [2.05, 4.69) is 67.9 Å². The molecule has 0 fully saturated rings. The average Bonchev–Trinajstić information content (AvgIpc) is 2.84. The van der Waals surface area contributed by atoms with Crippen LogP contribution in [0.1, 0.15) is 43.2 Å². The molecule has 0 atom stereocenters. The van der Waals surface area contributed by atoms with Crippen molar-refractivity contribution in [3.8, 4) is 5.69 Å². The van der Waals surface area contributed by atoms with E-state index in [1.165, 1.54) is 28.1 Å². The summed E-state index contributed by atoms with van der Waals surface area (Å²) in [4.78, 5) is 0. The molecule has 0 aliphatic heterocycles. The molecule has 2 aromatic rings. The van der Waals surface area contributed by atoms with Gasteiger partial charge in [-0.1, -0.05) is 32.9 Å². The molecule has 0 aliphatic carbocycles. The predicted molar refractivity (Wildman–Crippen MR) is 89.0 cm³/mol. The SMILES string of the molecule is CCc1c(CNCC(C)C)cnn1-c1cc(C)ccc1C. The van der Waals surface area contributed by atoms with Crippen LogP contribution in [-0.4, -0.2) is 16.3 Å². The Morgan fingerprint density at radius 1 is 1.24 bits per heavy atom. The Hall–Kier alpha value is -1.61. The van der Waals surface area contributed by atoms with Gasteiger partial charge in [0.1, 0.15) is 0 Å². The van der Waals surface area contributed by atoms with E-state index in [1.54, 1.807) is 0 Å². The quantitative estimate of drug-likeness (QED) is 0.875. The molecule has 0 spiro atoms. The highest BCUT2D eigenvalue weighted by Crippen LogP contribution is 2.20. The number of hydrogen-bond donors (Lipinski definition) is 1. The lowest BCUT2D eigenvalue weighted by Gasteiger charge is -2.12. The van der Waals surface area contributed by atoms with Crippen molar-refractivity contribution in [2.75, 3.05) is 6.54 Å². The Balaban J connectivity index is 2.29. The minimum atomic E-state index is 0.670. The number of nitrogens with one attached hydrogen (secondary N) is 1. The lowest BCUT2D eigenvalue weighted by Crippen LogP contribution is -2.19. The number of aryl methyl sites for hydroxylation is 2. The van der Waals surface area contributed by atoms with Crippen LogP contribution >= 0.6 is 0 Å². The van der Waals surface area contributed by atoms with Crippen LogP contribution in [0.5, 0.6) is 0 Å². The molecule has 0 unspecified atom stereocenters. The number of nitrogens with zero attached hydrogens (tertiary/aromatic N) is 2. The number of rotatable bonds is 6. The highest BCUT2D eigenvalue weighted by atomic mass is 15.3. The maximum absolute atomic E-state index is 4.63. The van der Waals surface area contributed by atoms with Crippen LogP contribution in [0.15, 0.2) is 24.4 Å². The van der Waals surface area contributed by atoms with Crippen molar-refractivity contribution < 1.29 is 0 Å². The molecule has 1 N–H and O–H groups in total. The van der Waals surface area contributed by atoms with E-state index >= 15 is 0 Å². The second-order valence-electron chi connectivity index (χ2n) is 6.20. The second-order valence-corrected chi connectivity index (χ2v) is 6.20. The van der Waals surface area contributed by atoms with Gasteiger partial charge in [0, 0.05) is 17.8 Å². The monoisotopic (exact) mass is 285 g/mol. The van der Waals surface area contributed by atoms with E-state index in [-0.39, 0.29) is 0 Å². The summed E-state index contributed by atoms with van der Waals surface area (Å²) in [5, 5.41) is 8.15. The maximum Gasteiger partial charge on any atom is 0.0680 e. The molecule has 0 saturated carbocycles. The Morgan fingerprint density at radius 2 is 2.00 bits per heavy atom. The third kappa shape index (κ3) is 3.73. The summed E-state index contributed by atoms with van der Waals surface area (Å²) in [6.45, 7) is 12.9. The van der Waals surface area contributed by atoms with Crippen LogP contribution in [0.2, 0.25) is 0 Å². The molecule has 0 amide bonds. The molecule has 3 heteroatoms. The van der Waals surface area contributed by atoms with Crippen molar-refractivity contribution in [3.63, 3.8) is 0 Å². The van der Waals surface area contributed by atoms with E-state index in [1.807, 2.05) is 6.20 Å². The lowest BCUT2D eigenvalue weighted by atomic mass is 10.1. The summed E-state index contributed by atoms with van der Waals surface area (Å²) in [6, 6.07) is 6.54. The molecule has 21 heavy (non-hydrogen) atoms. The van der Waals surface area contributed by atoms with Crippen molar-refractivity contribution >= 4 is 0 Å². The minimum Gasteiger partial charge on any atom is -0.312 e. The molecule has 0 aliphatic rings. The minimum absolute atomic E-state index is 0.670. The summed E-state index contributed by atoms with van der Waals surface area (Å²) in [7, 11) is 0. The largest absolute Gasteiger partial charge is 0.312 e. The molecule has 0 radical (unpaired) electrons. The zero-order valence-electron chi connectivity index (χ0n) is 13.9. The van der Waals surface area contributed by atoms with Gasteiger partial charge < -0.3 is 5.32 Å². The zero-order valence-corrected chi connectivity index (χ0v) is 13.9. The van der Waals surface area contributed by atoms with Crippen LogP contribution in [-0.2, 0) is 13.0 Å². The molecular formula is C18H27N3. The molecule has 2 rings (SSSR count). The molecule has 114 valence electrons. The molecule has 1 heterocycles. The van der Waals surface area contributed by atoms with Gasteiger partial charge in [0.2, 0.25) is 0 Å². The van der Waals surface area contributed by atoms with Crippen molar-refractivity contribution in [2.24, 2.45) is 5.92 Å². The van der Waals surface area contributed by atoms with Gasteiger partial charge >= 0.3 is 0 Å². The van der Waals surface area contributed by atoms with Crippen LogP contribution < -0.4 is 5.32 Å². The van der Waals surface area contributed by atoms with Gasteiger partial charge in [-0.2, -0.15) is 5.10 Å². The fraction of sp³-hybridized carbons (Fsp3) is 0.500. The van der Waals surface area contributed by atoms with Gasteiger partial charge in [0.05, 0.1) is 11.9 Å². The summed E-state index contributed by atoms with van der Waals surface area (Å²) in [5.74, 6) is 0.670. The number of hydrogen-bond acceptors (Lipinski definition) is 2. The van der Waals surface area contributed by atoms with Crippen molar-refractivity contribution in [3.05, 3.63) is 46.8 Å². The van der Waals surface area contributed by atoms with Crippen LogP contribution in [0, 0.1) is 19.8 Å². The first-order chi connectivity index (χ1) is 10.0. The van der Waals surface area contributed by atoms with E-state index in [4.69, 9.17) is 0 Å².